The third-order valence-corrected chi connectivity index (χ3v) is 0.417. The third kappa shape index (κ3) is 59.9. The van der Waals surface area contributed by atoms with Crippen LogP contribution < -0.4 is 0 Å². The van der Waals surface area contributed by atoms with Crippen LogP contribution in [0.2, 0.25) is 0 Å². The van der Waals surface area contributed by atoms with Crippen LogP contribution in [0, 0.1) is 0 Å². The van der Waals surface area contributed by atoms with Crippen LogP contribution in [0.5, 0.6) is 0 Å². The second-order valence-corrected chi connectivity index (χ2v) is 1.25. The van der Waals surface area contributed by atoms with Gasteiger partial charge in [0.1, 0.15) is 0 Å². The van der Waals surface area contributed by atoms with E-state index < -0.39 is 6.16 Å². The van der Waals surface area contributed by atoms with Crippen LogP contribution in [0.15, 0.2) is 11.8 Å². The Bertz CT molecular complexity index is 97.8. The van der Waals surface area contributed by atoms with E-state index in [1.165, 1.54) is 11.8 Å². The maximum Gasteiger partial charge on any atom is 0.503 e. The number of halogens is 1. The van der Waals surface area contributed by atoms with E-state index in [1.807, 2.05) is 6.92 Å². The van der Waals surface area contributed by atoms with Crippen molar-refractivity contribution in [2.45, 2.75) is 6.92 Å². The predicted molar refractivity (Wildman–Crippen MR) is 37.3 cm³/mol. The maximum absolute atomic E-state index is 8.56. The Morgan fingerprint density at radius 2 is 2.10 bits per heavy atom. The van der Waals surface area contributed by atoms with Crippen molar-refractivity contribution in [3.63, 3.8) is 0 Å². The molecule has 0 spiro atoms. The fourth-order valence-corrected chi connectivity index (χ4v) is 0.205. The molecule has 0 aromatic rings. The zero-order chi connectivity index (χ0) is 8.41. The Morgan fingerprint density at radius 3 is 2.20 bits per heavy atom. The zero-order valence-corrected chi connectivity index (χ0v) is 6.21. The fraction of sp³-hybridized carbons (Fsp3) is 0.400. The minimum absolute atomic E-state index is 0.684. The summed E-state index contributed by atoms with van der Waals surface area (Å²) in [4.78, 5) is 8.56. The van der Waals surface area contributed by atoms with Crippen molar-refractivity contribution in [3.05, 3.63) is 11.8 Å². The molecule has 4 nitrogen and oxygen atoms in total. The van der Waals surface area contributed by atoms with Crippen molar-refractivity contribution in [2.75, 3.05) is 6.61 Å². The lowest BCUT2D eigenvalue weighted by molar-refractivity contribution is 0.137. The lowest BCUT2D eigenvalue weighted by Crippen LogP contribution is -1.81. The minimum atomic E-state index is -1.83. The molecule has 0 heterocycles. The highest BCUT2D eigenvalue weighted by atomic mass is 35.5. The van der Waals surface area contributed by atoms with E-state index in [4.69, 9.17) is 26.6 Å². The molecule has 0 aliphatic heterocycles. The second kappa shape index (κ2) is 11.0. The molecule has 0 aromatic carbocycles. The van der Waals surface area contributed by atoms with Crippen molar-refractivity contribution in [3.8, 4) is 0 Å². The zero-order valence-electron chi connectivity index (χ0n) is 5.45. The lowest BCUT2D eigenvalue weighted by atomic mass is 10.9. The van der Waals surface area contributed by atoms with Gasteiger partial charge in [-0.1, -0.05) is 11.6 Å². The van der Waals surface area contributed by atoms with Crippen molar-refractivity contribution >= 4 is 17.8 Å². The van der Waals surface area contributed by atoms with Gasteiger partial charge in [0.15, 0.2) is 0 Å². The standard InChI is InChI=1S/C4H7ClO.CH2O3/c1-2-6-4-3-5;2-1(3)4/h3-4H,2H2,1H3;(H2,2,3,4). The first kappa shape index (κ1) is 11.8. The summed E-state index contributed by atoms with van der Waals surface area (Å²) >= 11 is 5.07. The molecule has 0 aliphatic rings. The van der Waals surface area contributed by atoms with E-state index in [1.54, 1.807) is 0 Å². The second-order valence-electron chi connectivity index (χ2n) is 1.000. The summed E-state index contributed by atoms with van der Waals surface area (Å²) < 4.78 is 4.67. The molecule has 0 aliphatic carbocycles. The van der Waals surface area contributed by atoms with Gasteiger partial charge in [-0.3, -0.25) is 0 Å². The van der Waals surface area contributed by atoms with E-state index in [2.05, 4.69) is 4.74 Å². The molecule has 0 bridgehead atoms. The molecule has 2 N–H and O–H groups in total. The molecule has 5 heteroatoms. The third-order valence-electron chi connectivity index (χ3n) is 0.314. The molecule has 0 unspecified atom stereocenters. The summed E-state index contributed by atoms with van der Waals surface area (Å²) in [6.45, 7) is 2.58. The molecule has 0 radical (unpaired) electrons. The highest BCUT2D eigenvalue weighted by molar-refractivity contribution is 6.25. The van der Waals surface area contributed by atoms with Crippen LogP contribution in [0.25, 0.3) is 0 Å². The SMILES string of the molecule is CCOC=CCl.O=C(O)O. The number of hydrogen-bond acceptors (Lipinski definition) is 2. The summed E-state index contributed by atoms with van der Waals surface area (Å²) in [7, 11) is 0. The summed E-state index contributed by atoms with van der Waals surface area (Å²) in [5, 5.41) is 13.9. The average Bonchev–Trinajstić information content (AvgIpc) is 1.82. The van der Waals surface area contributed by atoms with E-state index in [0.29, 0.717) is 6.61 Å². The smallest absolute Gasteiger partial charge is 0.501 e. The summed E-state index contributed by atoms with van der Waals surface area (Å²) in [6, 6.07) is 0. The van der Waals surface area contributed by atoms with Gasteiger partial charge in [0, 0.05) is 5.54 Å². The van der Waals surface area contributed by atoms with Crippen LogP contribution in [0.1, 0.15) is 6.92 Å². The number of carbonyl (C=O) groups is 1. The van der Waals surface area contributed by atoms with Crippen molar-refractivity contribution in [2.24, 2.45) is 0 Å². The quantitative estimate of drug-likeness (QED) is 0.619. The monoisotopic (exact) mass is 168 g/mol. The minimum Gasteiger partial charge on any atom is -0.501 e. The summed E-state index contributed by atoms with van der Waals surface area (Å²) in [6.07, 6.45) is -0.387. The molecular formula is C5H9ClO4. The van der Waals surface area contributed by atoms with Gasteiger partial charge in [-0.2, -0.15) is 0 Å². The van der Waals surface area contributed by atoms with Gasteiger partial charge in [0.05, 0.1) is 12.9 Å². The van der Waals surface area contributed by atoms with E-state index in [9.17, 15) is 0 Å². The first-order chi connectivity index (χ1) is 4.65. The fourth-order valence-electron chi connectivity index (χ4n) is 0.133. The van der Waals surface area contributed by atoms with E-state index in [0.717, 1.165) is 0 Å². The van der Waals surface area contributed by atoms with Gasteiger partial charge in [0.25, 0.3) is 0 Å². The van der Waals surface area contributed by atoms with Crippen molar-refractivity contribution in [1.82, 2.24) is 0 Å². The topological polar surface area (TPSA) is 66.8 Å². The Hall–Kier alpha value is -0.900. The normalized spacial score (nSPS) is 8.20. The first-order valence-corrected chi connectivity index (χ1v) is 2.87. The highest BCUT2D eigenvalue weighted by Gasteiger charge is 1.70. The summed E-state index contributed by atoms with van der Waals surface area (Å²) in [5.74, 6) is 0. The molecule has 0 fully saturated rings. The lowest BCUT2D eigenvalue weighted by Gasteiger charge is -1.85. The van der Waals surface area contributed by atoms with Crippen LogP contribution in [0.4, 0.5) is 4.79 Å². The van der Waals surface area contributed by atoms with Gasteiger partial charge in [-0.05, 0) is 6.92 Å². The van der Waals surface area contributed by atoms with Crippen LogP contribution >= 0.6 is 11.6 Å². The van der Waals surface area contributed by atoms with Gasteiger partial charge >= 0.3 is 6.16 Å². The first-order valence-electron chi connectivity index (χ1n) is 2.43. The van der Waals surface area contributed by atoms with E-state index in [-0.39, 0.29) is 0 Å². The molecular weight excluding hydrogens is 160 g/mol. The molecule has 10 heavy (non-hydrogen) atoms. The van der Waals surface area contributed by atoms with E-state index >= 15 is 0 Å². The molecule has 0 saturated heterocycles. The molecule has 0 aromatic heterocycles. The molecule has 0 atom stereocenters. The van der Waals surface area contributed by atoms with Crippen LogP contribution in [-0.2, 0) is 4.74 Å². The molecule has 0 rings (SSSR count). The number of rotatable bonds is 2. The average molecular weight is 169 g/mol. The highest BCUT2D eigenvalue weighted by Crippen LogP contribution is 1.78. The van der Waals surface area contributed by atoms with Crippen LogP contribution in [-0.4, -0.2) is 23.0 Å². The number of carboxylic acid groups (broad SMARTS) is 2. The van der Waals surface area contributed by atoms with Crippen molar-refractivity contribution < 1.29 is 19.7 Å². The van der Waals surface area contributed by atoms with Crippen molar-refractivity contribution in [1.29, 1.82) is 0 Å². The van der Waals surface area contributed by atoms with Gasteiger partial charge in [0.2, 0.25) is 0 Å². The number of ether oxygens (including phenoxy) is 1. The Balaban J connectivity index is 0. The Morgan fingerprint density at radius 1 is 1.70 bits per heavy atom. The maximum atomic E-state index is 8.56. The van der Waals surface area contributed by atoms with Gasteiger partial charge < -0.3 is 14.9 Å². The predicted octanol–water partition coefficient (Wildman–Crippen LogP) is 1.96. The largest absolute Gasteiger partial charge is 0.503 e. The Labute approximate surface area is 63.7 Å². The Kier molecular flexibility index (Phi) is 13.0. The molecule has 0 amide bonds. The molecule has 0 saturated carbocycles. The van der Waals surface area contributed by atoms with Gasteiger partial charge in [-0.25, -0.2) is 4.79 Å². The van der Waals surface area contributed by atoms with Gasteiger partial charge in [-0.15, -0.1) is 0 Å². The number of hydrogen-bond donors (Lipinski definition) is 2. The molecule has 60 valence electrons. The van der Waals surface area contributed by atoms with Crippen LogP contribution in [0.3, 0.4) is 0 Å². The summed E-state index contributed by atoms with van der Waals surface area (Å²) in [5.41, 5.74) is 1.34.